The smallest absolute Gasteiger partial charge is 0.323 e. The van der Waals surface area contributed by atoms with Crippen LogP contribution in [0.3, 0.4) is 0 Å². The van der Waals surface area contributed by atoms with E-state index in [1.807, 2.05) is 0 Å². The van der Waals surface area contributed by atoms with Gasteiger partial charge in [0.2, 0.25) is 0 Å². The average molecular weight is 209 g/mol. The highest BCUT2D eigenvalue weighted by Crippen LogP contribution is 2.32. The van der Waals surface area contributed by atoms with Crippen molar-refractivity contribution < 1.29 is 0 Å². The molecule has 0 unspecified atom stereocenters. The van der Waals surface area contributed by atoms with Crippen molar-refractivity contribution in [2.24, 2.45) is 5.73 Å². The van der Waals surface area contributed by atoms with Crippen molar-refractivity contribution in [3.8, 4) is 0 Å². The number of hydrogen-bond donors (Lipinski definition) is 3. The Morgan fingerprint density at radius 3 is 2.60 bits per heavy atom. The first-order valence-corrected chi connectivity index (χ1v) is 5.82. The summed E-state index contributed by atoms with van der Waals surface area (Å²) in [7, 11) is 0. The molecule has 1 aromatic rings. The standard InChI is InChI=1S/C11H19N3O/c12-7-6-9-10(14-11(15)13-9)8-4-2-1-3-5-8/h8H,1-7,12H2,(H2,13,14,15). The molecule has 1 fully saturated rings. The van der Waals surface area contributed by atoms with E-state index in [2.05, 4.69) is 9.97 Å². The summed E-state index contributed by atoms with van der Waals surface area (Å²) in [6, 6.07) is 0. The zero-order valence-corrected chi connectivity index (χ0v) is 9.01. The molecule has 0 bridgehead atoms. The molecule has 15 heavy (non-hydrogen) atoms. The maximum atomic E-state index is 11.3. The van der Waals surface area contributed by atoms with Crippen molar-refractivity contribution in [1.29, 1.82) is 0 Å². The van der Waals surface area contributed by atoms with Crippen LogP contribution in [0.2, 0.25) is 0 Å². The molecule has 2 rings (SSSR count). The number of imidazole rings is 1. The molecular formula is C11H19N3O. The van der Waals surface area contributed by atoms with E-state index in [0.29, 0.717) is 12.5 Å². The van der Waals surface area contributed by atoms with E-state index in [1.54, 1.807) is 0 Å². The molecule has 4 heteroatoms. The lowest BCUT2D eigenvalue weighted by molar-refractivity contribution is 0.435. The van der Waals surface area contributed by atoms with Crippen molar-refractivity contribution in [3.05, 3.63) is 21.9 Å². The van der Waals surface area contributed by atoms with Gasteiger partial charge in [-0.15, -0.1) is 0 Å². The minimum atomic E-state index is -0.0842. The van der Waals surface area contributed by atoms with Crippen molar-refractivity contribution in [2.45, 2.75) is 44.4 Å². The van der Waals surface area contributed by atoms with Gasteiger partial charge in [-0.05, 0) is 19.4 Å². The highest BCUT2D eigenvalue weighted by Gasteiger charge is 2.20. The quantitative estimate of drug-likeness (QED) is 0.701. The van der Waals surface area contributed by atoms with Crippen LogP contribution in [0.25, 0.3) is 0 Å². The molecule has 1 aliphatic rings. The van der Waals surface area contributed by atoms with Crippen molar-refractivity contribution in [1.82, 2.24) is 9.97 Å². The van der Waals surface area contributed by atoms with Crippen LogP contribution in [0.15, 0.2) is 4.79 Å². The Hall–Kier alpha value is -1.03. The van der Waals surface area contributed by atoms with Gasteiger partial charge in [0.1, 0.15) is 0 Å². The summed E-state index contributed by atoms with van der Waals surface area (Å²) in [5.74, 6) is 0.541. The first-order valence-electron chi connectivity index (χ1n) is 5.82. The van der Waals surface area contributed by atoms with Crippen LogP contribution in [0.1, 0.15) is 49.4 Å². The summed E-state index contributed by atoms with van der Waals surface area (Å²) < 4.78 is 0. The number of aromatic nitrogens is 2. The van der Waals surface area contributed by atoms with Gasteiger partial charge in [0.05, 0.1) is 0 Å². The third kappa shape index (κ3) is 2.31. The average Bonchev–Trinajstić information content (AvgIpc) is 2.62. The largest absolute Gasteiger partial charge is 0.330 e. The number of nitrogens with two attached hydrogens (primary N) is 1. The maximum Gasteiger partial charge on any atom is 0.323 e. The Morgan fingerprint density at radius 2 is 1.93 bits per heavy atom. The van der Waals surface area contributed by atoms with E-state index in [1.165, 1.54) is 32.1 Å². The molecule has 0 aliphatic heterocycles. The fourth-order valence-corrected chi connectivity index (χ4v) is 2.51. The van der Waals surface area contributed by atoms with Crippen molar-refractivity contribution in [2.75, 3.05) is 6.54 Å². The summed E-state index contributed by atoms with van der Waals surface area (Å²) >= 11 is 0. The molecule has 0 aromatic carbocycles. The Kier molecular flexibility index (Phi) is 3.26. The van der Waals surface area contributed by atoms with Gasteiger partial charge in [-0.1, -0.05) is 19.3 Å². The third-order valence-electron chi connectivity index (χ3n) is 3.25. The molecule has 0 radical (unpaired) electrons. The van der Waals surface area contributed by atoms with E-state index in [9.17, 15) is 4.79 Å². The zero-order chi connectivity index (χ0) is 10.7. The third-order valence-corrected chi connectivity index (χ3v) is 3.25. The van der Waals surface area contributed by atoms with Crippen LogP contribution in [-0.2, 0) is 6.42 Å². The highest BCUT2D eigenvalue weighted by atomic mass is 16.1. The number of nitrogens with one attached hydrogen (secondary N) is 2. The van der Waals surface area contributed by atoms with Gasteiger partial charge >= 0.3 is 5.69 Å². The number of rotatable bonds is 3. The molecular weight excluding hydrogens is 190 g/mol. The molecule has 1 aromatic heterocycles. The lowest BCUT2D eigenvalue weighted by atomic mass is 9.86. The molecule has 0 atom stereocenters. The predicted octanol–water partition coefficient (Wildman–Crippen LogP) is 1.25. The molecule has 1 heterocycles. The molecule has 1 saturated carbocycles. The second kappa shape index (κ2) is 4.66. The fraction of sp³-hybridized carbons (Fsp3) is 0.727. The van der Waals surface area contributed by atoms with E-state index in [4.69, 9.17) is 5.73 Å². The lowest BCUT2D eigenvalue weighted by Crippen LogP contribution is -2.10. The summed E-state index contributed by atoms with van der Waals surface area (Å²) in [6.45, 7) is 0.591. The zero-order valence-electron chi connectivity index (χ0n) is 9.01. The van der Waals surface area contributed by atoms with E-state index < -0.39 is 0 Å². The van der Waals surface area contributed by atoms with Gasteiger partial charge in [-0.3, -0.25) is 0 Å². The summed E-state index contributed by atoms with van der Waals surface area (Å²) in [5, 5.41) is 0. The van der Waals surface area contributed by atoms with Gasteiger partial charge in [0.25, 0.3) is 0 Å². The first-order chi connectivity index (χ1) is 7.31. The number of hydrogen-bond acceptors (Lipinski definition) is 2. The van der Waals surface area contributed by atoms with E-state index in [-0.39, 0.29) is 5.69 Å². The number of H-pyrrole nitrogens is 2. The summed E-state index contributed by atoms with van der Waals surface area (Å²) in [5.41, 5.74) is 7.59. The minimum Gasteiger partial charge on any atom is -0.330 e. The molecule has 84 valence electrons. The second-order valence-corrected chi connectivity index (χ2v) is 4.34. The van der Waals surface area contributed by atoms with Crippen LogP contribution in [0.5, 0.6) is 0 Å². The molecule has 0 saturated heterocycles. The monoisotopic (exact) mass is 209 g/mol. The molecule has 0 spiro atoms. The van der Waals surface area contributed by atoms with Gasteiger partial charge in [0.15, 0.2) is 0 Å². The summed E-state index contributed by atoms with van der Waals surface area (Å²) in [6.07, 6.45) is 7.05. The Morgan fingerprint density at radius 1 is 1.20 bits per heavy atom. The molecule has 1 aliphatic carbocycles. The minimum absolute atomic E-state index is 0.0842. The molecule has 4 N–H and O–H groups in total. The lowest BCUT2D eigenvalue weighted by Gasteiger charge is -2.21. The van der Waals surface area contributed by atoms with Crippen LogP contribution in [-0.4, -0.2) is 16.5 Å². The highest BCUT2D eigenvalue weighted by molar-refractivity contribution is 5.17. The van der Waals surface area contributed by atoms with Crippen LogP contribution in [0.4, 0.5) is 0 Å². The van der Waals surface area contributed by atoms with Gasteiger partial charge < -0.3 is 15.7 Å². The van der Waals surface area contributed by atoms with Gasteiger partial charge in [0, 0.05) is 23.7 Å². The van der Waals surface area contributed by atoms with Crippen molar-refractivity contribution >= 4 is 0 Å². The predicted molar refractivity (Wildman–Crippen MR) is 60.0 cm³/mol. The van der Waals surface area contributed by atoms with Gasteiger partial charge in [-0.25, -0.2) is 4.79 Å². The van der Waals surface area contributed by atoms with E-state index in [0.717, 1.165) is 17.8 Å². The Balaban J connectivity index is 2.20. The van der Waals surface area contributed by atoms with E-state index >= 15 is 0 Å². The maximum absolute atomic E-state index is 11.3. The molecule has 4 nitrogen and oxygen atoms in total. The summed E-state index contributed by atoms with van der Waals surface area (Å²) in [4.78, 5) is 17.1. The normalized spacial score (nSPS) is 18.2. The van der Waals surface area contributed by atoms with Crippen LogP contribution >= 0.6 is 0 Å². The second-order valence-electron chi connectivity index (χ2n) is 4.34. The SMILES string of the molecule is NCCc1[nH]c(=O)[nH]c1C1CCCCC1. The fourth-order valence-electron chi connectivity index (χ4n) is 2.51. The first kappa shape index (κ1) is 10.5. The Labute approximate surface area is 89.3 Å². The Bertz CT molecular complexity index is 360. The molecule has 0 amide bonds. The topological polar surface area (TPSA) is 74.7 Å². The van der Waals surface area contributed by atoms with Crippen LogP contribution < -0.4 is 11.4 Å². The van der Waals surface area contributed by atoms with Gasteiger partial charge in [-0.2, -0.15) is 0 Å². The number of aromatic amines is 2. The van der Waals surface area contributed by atoms with Crippen molar-refractivity contribution in [3.63, 3.8) is 0 Å². The van der Waals surface area contributed by atoms with Crippen LogP contribution in [0, 0.1) is 0 Å².